The Morgan fingerprint density at radius 1 is 1.05 bits per heavy atom. The second kappa shape index (κ2) is 12.5. The normalized spacial score (nSPS) is 17.1. The Kier molecular flexibility index (Phi) is 8.83. The van der Waals surface area contributed by atoms with Gasteiger partial charge in [0.25, 0.3) is 10.0 Å². The van der Waals surface area contributed by atoms with E-state index in [1.54, 1.807) is 24.4 Å². The number of benzene rings is 2. The molecule has 0 aliphatic heterocycles. The van der Waals surface area contributed by atoms with Crippen LogP contribution in [0.4, 0.5) is 10.2 Å². The highest BCUT2D eigenvalue weighted by molar-refractivity contribution is 7.92. The molecule has 2 heterocycles. The molecule has 222 valence electrons. The number of sulfonamides is 1. The SMILES string of the molecule is COc1ccc(CN(c2ccncn2)S(=O)(=O)c2ccc(O[C@H]3CCCC[C@@H]3c3ccnn3C)c(Cl)c2F)c(OC)c1. The van der Waals surface area contributed by atoms with E-state index in [0.717, 1.165) is 35.7 Å². The van der Waals surface area contributed by atoms with Crippen molar-refractivity contribution in [3.63, 3.8) is 0 Å². The molecule has 2 aromatic heterocycles. The predicted octanol–water partition coefficient (Wildman–Crippen LogP) is 5.52. The van der Waals surface area contributed by atoms with Gasteiger partial charge in [0.2, 0.25) is 0 Å². The van der Waals surface area contributed by atoms with Crippen LogP contribution in [0.2, 0.25) is 5.02 Å². The number of aryl methyl sites for hydroxylation is 1. The van der Waals surface area contributed by atoms with E-state index in [0.29, 0.717) is 17.1 Å². The van der Waals surface area contributed by atoms with E-state index in [-0.39, 0.29) is 30.1 Å². The highest BCUT2D eigenvalue weighted by atomic mass is 35.5. The first-order valence-corrected chi connectivity index (χ1v) is 15.2. The van der Waals surface area contributed by atoms with Crippen LogP contribution in [0.15, 0.2) is 66.1 Å². The standard InChI is InChI=1S/C29H31ClFN5O5S/c1-35-22(12-15-34-35)21-6-4-5-7-23(21)41-24-10-11-26(29(31)28(24)30)42(37,38)36(27-13-14-32-18-33-27)17-19-8-9-20(39-2)16-25(19)40-3/h8-16,18,21,23H,4-7,17H2,1-3H3/t21-,23+/m1/s1. The molecule has 0 radical (unpaired) electrons. The minimum absolute atomic E-state index is 0.0416. The van der Waals surface area contributed by atoms with E-state index >= 15 is 4.39 Å². The first-order valence-electron chi connectivity index (χ1n) is 13.4. The molecule has 42 heavy (non-hydrogen) atoms. The molecule has 1 saturated carbocycles. The first kappa shape index (κ1) is 29.6. The van der Waals surface area contributed by atoms with E-state index < -0.39 is 25.8 Å². The molecule has 1 aliphatic carbocycles. The Morgan fingerprint density at radius 3 is 2.55 bits per heavy atom. The number of anilines is 1. The average molecular weight is 616 g/mol. The number of hydrogen-bond donors (Lipinski definition) is 0. The van der Waals surface area contributed by atoms with Gasteiger partial charge >= 0.3 is 0 Å². The fourth-order valence-corrected chi connectivity index (χ4v) is 7.00. The number of methoxy groups -OCH3 is 2. The zero-order chi connectivity index (χ0) is 29.9. The predicted molar refractivity (Wildman–Crippen MR) is 155 cm³/mol. The van der Waals surface area contributed by atoms with Crippen LogP contribution in [0.3, 0.4) is 0 Å². The summed E-state index contributed by atoms with van der Waals surface area (Å²) >= 11 is 6.46. The minimum Gasteiger partial charge on any atom is -0.497 e. The van der Waals surface area contributed by atoms with Gasteiger partial charge in [-0.2, -0.15) is 5.10 Å². The fraction of sp³-hybridized carbons (Fsp3) is 0.345. The third kappa shape index (κ3) is 5.86. The van der Waals surface area contributed by atoms with Crippen LogP contribution in [-0.2, 0) is 23.6 Å². The zero-order valence-electron chi connectivity index (χ0n) is 23.4. The monoisotopic (exact) mass is 615 g/mol. The minimum atomic E-state index is -4.52. The maximum atomic E-state index is 15.9. The highest BCUT2D eigenvalue weighted by Crippen LogP contribution is 2.40. The molecular weight excluding hydrogens is 585 g/mol. The summed E-state index contributed by atoms with van der Waals surface area (Å²) in [5.74, 6) is -0.0211. The maximum absolute atomic E-state index is 15.9. The number of aromatic nitrogens is 4. The average Bonchev–Trinajstić information content (AvgIpc) is 3.44. The molecule has 0 N–H and O–H groups in total. The van der Waals surface area contributed by atoms with Gasteiger partial charge in [-0.25, -0.2) is 27.1 Å². The molecule has 2 aromatic carbocycles. The topological polar surface area (TPSA) is 109 Å². The van der Waals surface area contributed by atoms with Crippen LogP contribution >= 0.6 is 11.6 Å². The Labute approximate surface area is 249 Å². The summed E-state index contributed by atoms with van der Waals surface area (Å²) in [5.41, 5.74) is 1.52. The van der Waals surface area contributed by atoms with Gasteiger partial charge in [-0.05, 0) is 49.6 Å². The third-order valence-corrected chi connectivity index (χ3v) is 9.55. The molecule has 0 saturated heterocycles. The summed E-state index contributed by atoms with van der Waals surface area (Å²) in [6, 6.07) is 10.9. The summed E-state index contributed by atoms with van der Waals surface area (Å²) in [5, 5.41) is 3.87. The molecular formula is C29H31ClFN5O5S. The summed E-state index contributed by atoms with van der Waals surface area (Å²) in [7, 11) is 0.332. The number of hydrogen-bond acceptors (Lipinski definition) is 8. The molecule has 1 fully saturated rings. The summed E-state index contributed by atoms with van der Waals surface area (Å²) in [6.07, 6.45) is 7.71. The van der Waals surface area contributed by atoms with Crippen molar-refractivity contribution in [2.75, 3.05) is 18.5 Å². The van der Waals surface area contributed by atoms with Crippen LogP contribution in [-0.4, -0.2) is 48.5 Å². The van der Waals surface area contributed by atoms with Crippen molar-refractivity contribution >= 4 is 27.4 Å². The molecule has 5 rings (SSSR count). The van der Waals surface area contributed by atoms with Crippen LogP contribution in [0.5, 0.6) is 17.2 Å². The third-order valence-electron chi connectivity index (χ3n) is 7.43. The Bertz CT molecular complexity index is 1650. The van der Waals surface area contributed by atoms with Crippen LogP contribution in [0.25, 0.3) is 0 Å². The molecule has 0 unspecified atom stereocenters. The molecule has 0 spiro atoms. The lowest BCUT2D eigenvalue weighted by Crippen LogP contribution is -2.32. The lowest BCUT2D eigenvalue weighted by Gasteiger charge is -2.32. The maximum Gasteiger partial charge on any atom is 0.268 e. The van der Waals surface area contributed by atoms with Crippen molar-refractivity contribution in [2.45, 2.75) is 49.1 Å². The molecule has 1 aliphatic rings. The van der Waals surface area contributed by atoms with Crippen molar-refractivity contribution in [2.24, 2.45) is 7.05 Å². The Balaban J connectivity index is 1.49. The number of nitrogens with zero attached hydrogens (tertiary/aromatic N) is 5. The van der Waals surface area contributed by atoms with E-state index in [2.05, 4.69) is 15.1 Å². The zero-order valence-corrected chi connectivity index (χ0v) is 25.0. The summed E-state index contributed by atoms with van der Waals surface area (Å²) in [6.45, 7) is -0.212. The van der Waals surface area contributed by atoms with Crippen LogP contribution in [0.1, 0.15) is 42.9 Å². The molecule has 2 atom stereocenters. The molecule has 4 aromatic rings. The van der Waals surface area contributed by atoms with Gasteiger partial charge in [0.05, 0.1) is 20.8 Å². The van der Waals surface area contributed by atoms with E-state index in [1.165, 1.54) is 44.9 Å². The van der Waals surface area contributed by atoms with Gasteiger partial charge in [0.1, 0.15) is 45.4 Å². The molecule has 0 bridgehead atoms. The van der Waals surface area contributed by atoms with Crippen molar-refractivity contribution in [1.29, 1.82) is 0 Å². The van der Waals surface area contributed by atoms with Crippen LogP contribution in [0, 0.1) is 5.82 Å². The second-order valence-electron chi connectivity index (χ2n) is 9.87. The van der Waals surface area contributed by atoms with Gasteiger partial charge in [0, 0.05) is 48.7 Å². The van der Waals surface area contributed by atoms with Gasteiger partial charge in [-0.3, -0.25) is 4.68 Å². The summed E-state index contributed by atoms with van der Waals surface area (Å²) in [4.78, 5) is 7.40. The molecule has 10 nitrogen and oxygen atoms in total. The molecule has 0 amide bonds. The largest absolute Gasteiger partial charge is 0.497 e. The van der Waals surface area contributed by atoms with E-state index in [9.17, 15) is 8.42 Å². The van der Waals surface area contributed by atoms with Crippen molar-refractivity contribution in [1.82, 2.24) is 19.7 Å². The number of ether oxygens (including phenoxy) is 3. The first-order chi connectivity index (χ1) is 20.2. The van der Waals surface area contributed by atoms with Gasteiger partial charge in [0.15, 0.2) is 5.82 Å². The van der Waals surface area contributed by atoms with Gasteiger partial charge < -0.3 is 14.2 Å². The van der Waals surface area contributed by atoms with E-state index in [4.69, 9.17) is 25.8 Å². The van der Waals surface area contributed by atoms with Crippen molar-refractivity contribution < 1.29 is 27.0 Å². The Morgan fingerprint density at radius 2 is 1.86 bits per heavy atom. The molecule has 13 heteroatoms. The highest BCUT2D eigenvalue weighted by Gasteiger charge is 2.34. The summed E-state index contributed by atoms with van der Waals surface area (Å²) < 4.78 is 63.7. The lowest BCUT2D eigenvalue weighted by molar-refractivity contribution is 0.126. The van der Waals surface area contributed by atoms with Gasteiger partial charge in [-0.15, -0.1) is 0 Å². The van der Waals surface area contributed by atoms with Crippen molar-refractivity contribution in [3.8, 4) is 17.2 Å². The Hall–Kier alpha value is -3.90. The second-order valence-corrected chi connectivity index (χ2v) is 12.1. The van der Waals surface area contributed by atoms with Crippen LogP contribution < -0.4 is 18.5 Å². The number of rotatable bonds is 10. The quantitative estimate of drug-likeness (QED) is 0.229. The fourth-order valence-electron chi connectivity index (χ4n) is 5.27. The van der Waals surface area contributed by atoms with Crippen molar-refractivity contribution in [3.05, 3.63) is 83.3 Å². The smallest absolute Gasteiger partial charge is 0.268 e. The van der Waals surface area contributed by atoms with E-state index in [1.807, 2.05) is 17.8 Å². The van der Waals surface area contributed by atoms with Gasteiger partial charge in [-0.1, -0.05) is 18.0 Å². The number of halogens is 2. The lowest BCUT2D eigenvalue weighted by atomic mass is 9.84.